The lowest BCUT2D eigenvalue weighted by molar-refractivity contribution is 0.00733. The van der Waals surface area contributed by atoms with Crippen LogP contribution in [0.2, 0.25) is 0 Å². The summed E-state index contributed by atoms with van der Waals surface area (Å²) >= 11 is 0. The first-order valence-corrected chi connectivity index (χ1v) is 6.55. The van der Waals surface area contributed by atoms with Gasteiger partial charge >= 0.3 is 11.9 Å². The lowest BCUT2D eigenvalue weighted by atomic mass is 9.95. The Morgan fingerprint density at radius 2 is 1.68 bits per heavy atom. The number of alkyl halides is 2. The second kappa shape index (κ2) is 6.05. The van der Waals surface area contributed by atoms with Crippen molar-refractivity contribution in [2.45, 2.75) is 12.8 Å². The Hall–Kier alpha value is -2.56. The number of hydrogen-bond donors (Lipinski definition) is 0. The summed E-state index contributed by atoms with van der Waals surface area (Å²) in [5, 5.41) is 0. The molecular formula is C17H14F2O3. The Morgan fingerprint density at radius 3 is 2.27 bits per heavy atom. The number of hydrogen-bond acceptors (Lipinski definition) is 3. The first-order chi connectivity index (χ1) is 10.4. The van der Waals surface area contributed by atoms with E-state index < -0.39 is 23.2 Å². The van der Waals surface area contributed by atoms with E-state index in [-0.39, 0.29) is 11.1 Å². The third-order valence-electron chi connectivity index (χ3n) is 3.33. The van der Waals surface area contributed by atoms with Crippen molar-refractivity contribution in [2.24, 2.45) is 0 Å². The molecule has 0 amide bonds. The second-order valence-electron chi connectivity index (χ2n) is 4.79. The van der Waals surface area contributed by atoms with E-state index in [4.69, 9.17) is 0 Å². The number of rotatable bonds is 4. The van der Waals surface area contributed by atoms with Gasteiger partial charge in [-0.25, -0.2) is 4.79 Å². The maximum absolute atomic E-state index is 14.4. The molecule has 0 bridgehead atoms. The quantitative estimate of drug-likeness (QED) is 0.638. The summed E-state index contributed by atoms with van der Waals surface area (Å²) in [6.07, 6.45) is 0. The molecule has 0 unspecified atom stereocenters. The van der Waals surface area contributed by atoms with Crippen LogP contribution < -0.4 is 0 Å². The van der Waals surface area contributed by atoms with Gasteiger partial charge in [0.2, 0.25) is 5.78 Å². The smallest absolute Gasteiger partial charge is 0.338 e. The highest BCUT2D eigenvalue weighted by Crippen LogP contribution is 2.33. The Morgan fingerprint density at radius 1 is 1.05 bits per heavy atom. The third kappa shape index (κ3) is 2.88. The van der Waals surface area contributed by atoms with E-state index in [1.807, 2.05) is 0 Å². The van der Waals surface area contributed by atoms with Crippen LogP contribution in [0.25, 0.3) is 0 Å². The molecule has 2 aromatic rings. The fourth-order valence-corrected chi connectivity index (χ4v) is 2.05. The first kappa shape index (κ1) is 15.8. The summed E-state index contributed by atoms with van der Waals surface area (Å²) in [6.45, 7) is 1.60. The SMILES string of the molecule is COC(=O)c1cc(C(F)(F)C(=O)c2ccccc2)ccc1C. The van der Waals surface area contributed by atoms with Crippen LogP contribution >= 0.6 is 0 Å². The van der Waals surface area contributed by atoms with Crippen LogP contribution in [0.15, 0.2) is 48.5 Å². The minimum Gasteiger partial charge on any atom is -0.465 e. The average molecular weight is 304 g/mol. The van der Waals surface area contributed by atoms with Crippen LogP contribution in [0, 0.1) is 6.92 Å². The molecule has 2 aromatic carbocycles. The first-order valence-electron chi connectivity index (χ1n) is 6.55. The molecular weight excluding hydrogens is 290 g/mol. The summed E-state index contributed by atoms with van der Waals surface area (Å²) in [6, 6.07) is 10.8. The molecule has 0 aliphatic heterocycles. The summed E-state index contributed by atoms with van der Waals surface area (Å²) in [7, 11) is 1.17. The lowest BCUT2D eigenvalue weighted by Crippen LogP contribution is -2.26. The van der Waals surface area contributed by atoms with Gasteiger partial charge in [0.05, 0.1) is 12.7 Å². The third-order valence-corrected chi connectivity index (χ3v) is 3.33. The number of ketones is 1. The van der Waals surface area contributed by atoms with Gasteiger partial charge in [-0.1, -0.05) is 42.5 Å². The molecule has 0 saturated carbocycles. The fraction of sp³-hybridized carbons (Fsp3) is 0.176. The van der Waals surface area contributed by atoms with Crippen LogP contribution in [-0.2, 0) is 10.7 Å². The Balaban J connectivity index is 2.45. The van der Waals surface area contributed by atoms with Gasteiger partial charge < -0.3 is 4.74 Å². The zero-order chi connectivity index (χ0) is 16.3. The van der Waals surface area contributed by atoms with Crippen molar-refractivity contribution in [1.29, 1.82) is 0 Å². The zero-order valence-corrected chi connectivity index (χ0v) is 12.1. The Labute approximate surface area is 126 Å². The predicted molar refractivity (Wildman–Crippen MR) is 77.2 cm³/mol. The molecule has 2 rings (SSSR count). The van der Waals surface area contributed by atoms with Gasteiger partial charge in [-0.2, -0.15) is 8.78 Å². The van der Waals surface area contributed by atoms with Gasteiger partial charge in [-0.05, 0) is 18.6 Å². The Kier molecular flexibility index (Phi) is 4.35. The van der Waals surface area contributed by atoms with E-state index in [1.165, 1.54) is 37.4 Å². The molecule has 5 heteroatoms. The second-order valence-corrected chi connectivity index (χ2v) is 4.79. The predicted octanol–water partition coefficient (Wildman–Crippen LogP) is 3.76. The molecule has 0 fully saturated rings. The number of benzene rings is 2. The van der Waals surface area contributed by atoms with Crippen molar-refractivity contribution in [1.82, 2.24) is 0 Å². The Bertz CT molecular complexity index is 709. The van der Waals surface area contributed by atoms with Crippen molar-refractivity contribution in [3.05, 3.63) is 70.8 Å². The molecule has 0 radical (unpaired) electrons. The lowest BCUT2D eigenvalue weighted by Gasteiger charge is -2.17. The highest BCUT2D eigenvalue weighted by Gasteiger charge is 2.41. The van der Waals surface area contributed by atoms with Crippen molar-refractivity contribution in [3.8, 4) is 0 Å². The molecule has 0 aliphatic carbocycles. The van der Waals surface area contributed by atoms with E-state index in [9.17, 15) is 18.4 Å². The van der Waals surface area contributed by atoms with Gasteiger partial charge in [-0.15, -0.1) is 0 Å². The molecule has 0 heterocycles. The van der Waals surface area contributed by atoms with E-state index in [1.54, 1.807) is 13.0 Å². The van der Waals surface area contributed by atoms with Gasteiger partial charge in [0.15, 0.2) is 0 Å². The van der Waals surface area contributed by atoms with E-state index in [2.05, 4.69) is 4.74 Å². The van der Waals surface area contributed by atoms with Crippen molar-refractivity contribution < 1.29 is 23.1 Å². The van der Waals surface area contributed by atoms with Gasteiger partial charge in [0, 0.05) is 11.1 Å². The molecule has 0 aliphatic rings. The van der Waals surface area contributed by atoms with E-state index in [0.717, 1.165) is 12.1 Å². The average Bonchev–Trinajstić information content (AvgIpc) is 2.54. The van der Waals surface area contributed by atoms with Crippen LogP contribution in [0.5, 0.6) is 0 Å². The van der Waals surface area contributed by atoms with Gasteiger partial charge in [-0.3, -0.25) is 4.79 Å². The minimum atomic E-state index is -3.72. The van der Waals surface area contributed by atoms with E-state index >= 15 is 0 Å². The van der Waals surface area contributed by atoms with Crippen molar-refractivity contribution in [2.75, 3.05) is 7.11 Å². The minimum absolute atomic E-state index is 0.0144. The zero-order valence-electron chi connectivity index (χ0n) is 12.1. The number of carbonyl (C=O) groups is 2. The standard InChI is InChI=1S/C17H14F2O3/c1-11-8-9-13(10-14(11)16(21)22-2)17(18,19)15(20)12-6-4-3-5-7-12/h3-10H,1-2H3. The number of esters is 1. The van der Waals surface area contributed by atoms with Gasteiger partial charge in [0.25, 0.3) is 0 Å². The fourth-order valence-electron chi connectivity index (χ4n) is 2.05. The number of halogens is 2. The van der Waals surface area contributed by atoms with Gasteiger partial charge in [0.1, 0.15) is 0 Å². The van der Waals surface area contributed by atoms with Crippen LogP contribution in [0.4, 0.5) is 8.78 Å². The number of carbonyl (C=O) groups excluding carboxylic acids is 2. The molecule has 0 aromatic heterocycles. The summed E-state index contributed by atoms with van der Waals surface area (Å²) in [5.74, 6) is -5.76. The van der Waals surface area contributed by atoms with Crippen molar-refractivity contribution in [3.63, 3.8) is 0 Å². The maximum atomic E-state index is 14.4. The number of methoxy groups -OCH3 is 1. The van der Waals surface area contributed by atoms with Crippen LogP contribution in [-0.4, -0.2) is 18.9 Å². The van der Waals surface area contributed by atoms with Crippen LogP contribution in [0.3, 0.4) is 0 Å². The van der Waals surface area contributed by atoms with Crippen LogP contribution in [0.1, 0.15) is 31.8 Å². The molecule has 0 atom stereocenters. The number of Topliss-reactive ketones (excluding diaryl/α,β-unsaturated/α-hetero) is 1. The largest absolute Gasteiger partial charge is 0.465 e. The monoisotopic (exact) mass is 304 g/mol. The maximum Gasteiger partial charge on any atom is 0.338 e. The molecule has 0 N–H and O–H groups in total. The summed E-state index contributed by atoms with van der Waals surface area (Å²) in [5.41, 5.74) is -0.112. The highest BCUT2D eigenvalue weighted by molar-refractivity contribution is 6.02. The molecule has 22 heavy (non-hydrogen) atoms. The molecule has 0 saturated heterocycles. The molecule has 114 valence electrons. The number of ether oxygens (including phenoxy) is 1. The van der Waals surface area contributed by atoms with Crippen molar-refractivity contribution >= 4 is 11.8 Å². The molecule has 3 nitrogen and oxygen atoms in total. The normalized spacial score (nSPS) is 11.1. The summed E-state index contributed by atoms with van der Waals surface area (Å²) < 4.78 is 33.4. The summed E-state index contributed by atoms with van der Waals surface area (Å²) in [4.78, 5) is 23.6. The number of aryl methyl sites for hydroxylation is 1. The van der Waals surface area contributed by atoms with E-state index in [0.29, 0.717) is 5.56 Å². The molecule has 0 spiro atoms. The topological polar surface area (TPSA) is 43.4 Å². The highest BCUT2D eigenvalue weighted by atomic mass is 19.3.